The van der Waals surface area contributed by atoms with Crippen molar-refractivity contribution < 1.29 is 4.74 Å². The van der Waals surface area contributed by atoms with Crippen LogP contribution in [0.2, 0.25) is 0 Å². The second kappa shape index (κ2) is 7.33. The minimum absolute atomic E-state index is 0.0651. The number of nitrogens with one attached hydrogen (secondary N) is 1. The molecule has 0 fully saturated rings. The summed E-state index contributed by atoms with van der Waals surface area (Å²) in [5.41, 5.74) is 8.60. The van der Waals surface area contributed by atoms with E-state index in [4.69, 9.17) is 10.5 Å². The lowest BCUT2D eigenvalue weighted by molar-refractivity contribution is 0.482. The number of hydrogen-bond acceptors (Lipinski definition) is 5. The van der Waals surface area contributed by atoms with E-state index in [1.807, 2.05) is 72.8 Å². The van der Waals surface area contributed by atoms with Gasteiger partial charge < -0.3 is 15.8 Å². The van der Waals surface area contributed by atoms with Crippen molar-refractivity contribution in [2.75, 3.05) is 11.1 Å². The summed E-state index contributed by atoms with van der Waals surface area (Å²) >= 11 is 0. The number of nitrogens with zero attached hydrogens (tertiary/aromatic N) is 2. The van der Waals surface area contributed by atoms with Gasteiger partial charge in [0.15, 0.2) is 0 Å². The molecule has 5 heteroatoms. The van der Waals surface area contributed by atoms with E-state index in [9.17, 15) is 0 Å². The first kappa shape index (κ1) is 16.8. The van der Waals surface area contributed by atoms with Crippen molar-refractivity contribution in [2.24, 2.45) is 0 Å². The number of nitrogen functional groups attached to an aromatic ring is 1. The number of para-hydroxylation sites is 1. The number of ether oxygens (including phenoxy) is 1. The molecule has 1 aromatic heterocycles. The summed E-state index contributed by atoms with van der Waals surface area (Å²) in [6.07, 6.45) is 1.56. The van der Waals surface area contributed by atoms with Gasteiger partial charge in [0.25, 0.3) is 0 Å². The number of hydrogen-bond donors (Lipinski definition) is 2. The monoisotopic (exact) mass is 356 g/mol. The van der Waals surface area contributed by atoms with Crippen LogP contribution in [0.5, 0.6) is 11.5 Å². The Hall–Kier alpha value is -3.60. The van der Waals surface area contributed by atoms with Crippen molar-refractivity contribution in [3.63, 3.8) is 0 Å². The van der Waals surface area contributed by atoms with Gasteiger partial charge in [-0.05, 0) is 55.0 Å². The average molecular weight is 356 g/mol. The number of benzene rings is 3. The van der Waals surface area contributed by atoms with Crippen molar-refractivity contribution in [1.82, 2.24) is 9.97 Å². The van der Waals surface area contributed by atoms with Gasteiger partial charge in [0, 0.05) is 17.1 Å². The number of nitrogens with two attached hydrogens (primary N) is 1. The van der Waals surface area contributed by atoms with Gasteiger partial charge in [-0.15, -0.1) is 0 Å². The van der Waals surface area contributed by atoms with Crippen molar-refractivity contribution in [3.05, 3.63) is 84.7 Å². The number of fused-ring (bicyclic) bond motifs is 1. The quantitative estimate of drug-likeness (QED) is 0.482. The molecule has 0 bridgehead atoms. The smallest absolute Gasteiger partial charge is 0.137 e. The topological polar surface area (TPSA) is 73.1 Å². The normalized spacial score (nSPS) is 11.9. The molecule has 3 N–H and O–H groups in total. The highest BCUT2D eigenvalue weighted by Gasteiger charge is 2.10. The van der Waals surface area contributed by atoms with Crippen LogP contribution in [0.1, 0.15) is 18.5 Å². The second-order valence-electron chi connectivity index (χ2n) is 6.35. The number of rotatable bonds is 5. The van der Waals surface area contributed by atoms with E-state index in [1.54, 1.807) is 6.33 Å². The molecule has 4 rings (SSSR count). The molecule has 134 valence electrons. The summed E-state index contributed by atoms with van der Waals surface area (Å²) in [6, 6.07) is 23.5. The van der Waals surface area contributed by atoms with Gasteiger partial charge in [-0.1, -0.05) is 30.3 Å². The maximum atomic E-state index is 5.92. The first-order valence-electron chi connectivity index (χ1n) is 8.79. The molecule has 5 nitrogen and oxygen atoms in total. The fraction of sp³-hybridized carbons (Fsp3) is 0.0909. The summed E-state index contributed by atoms with van der Waals surface area (Å²) < 4.78 is 5.85. The third kappa shape index (κ3) is 3.82. The van der Waals surface area contributed by atoms with Gasteiger partial charge in [0.05, 0.1) is 5.52 Å². The molecule has 0 aliphatic carbocycles. The lowest BCUT2D eigenvalue weighted by atomic mass is 10.1. The molecule has 0 radical (unpaired) electrons. The molecule has 27 heavy (non-hydrogen) atoms. The van der Waals surface area contributed by atoms with E-state index in [0.29, 0.717) is 5.69 Å². The first-order chi connectivity index (χ1) is 13.2. The molecule has 0 spiro atoms. The van der Waals surface area contributed by atoms with Gasteiger partial charge in [-0.3, -0.25) is 0 Å². The molecule has 4 aromatic rings. The highest BCUT2D eigenvalue weighted by molar-refractivity contribution is 5.91. The molecule has 0 aliphatic heterocycles. The fourth-order valence-electron chi connectivity index (χ4n) is 2.93. The number of anilines is 2. The van der Waals surface area contributed by atoms with E-state index in [2.05, 4.69) is 22.2 Å². The highest BCUT2D eigenvalue weighted by Crippen LogP contribution is 2.27. The summed E-state index contributed by atoms with van der Waals surface area (Å²) in [5.74, 6) is 2.39. The standard InChI is InChI=1S/C22H20N4O/c1-15(26-22-20-13-17(23)9-12-21(20)24-14-25-22)16-7-10-19(11-8-16)27-18-5-3-2-4-6-18/h2-15H,23H2,1H3,(H,24,25,26)/t15-/m1/s1. The molecule has 0 unspecified atom stereocenters. The van der Waals surface area contributed by atoms with Crippen LogP contribution in [0.15, 0.2) is 79.1 Å². The van der Waals surface area contributed by atoms with E-state index in [-0.39, 0.29) is 6.04 Å². The molecule has 1 heterocycles. The molecule has 3 aromatic carbocycles. The molecule has 0 saturated heterocycles. The Kier molecular flexibility index (Phi) is 4.58. The van der Waals surface area contributed by atoms with Crippen LogP contribution >= 0.6 is 0 Å². The van der Waals surface area contributed by atoms with Crippen LogP contribution in [0.4, 0.5) is 11.5 Å². The van der Waals surface area contributed by atoms with E-state index >= 15 is 0 Å². The summed E-state index contributed by atoms with van der Waals surface area (Å²) in [6.45, 7) is 2.09. The molecule has 0 saturated carbocycles. The predicted molar refractivity (Wildman–Crippen MR) is 109 cm³/mol. The number of aromatic nitrogens is 2. The fourth-order valence-corrected chi connectivity index (χ4v) is 2.93. The van der Waals surface area contributed by atoms with Crippen molar-refractivity contribution in [2.45, 2.75) is 13.0 Å². The molecule has 0 amide bonds. The molecular weight excluding hydrogens is 336 g/mol. The van der Waals surface area contributed by atoms with Crippen molar-refractivity contribution in [1.29, 1.82) is 0 Å². The first-order valence-corrected chi connectivity index (χ1v) is 8.79. The minimum atomic E-state index is 0.0651. The highest BCUT2D eigenvalue weighted by atomic mass is 16.5. The Morgan fingerprint density at radius 2 is 1.63 bits per heavy atom. The maximum Gasteiger partial charge on any atom is 0.137 e. The van der Waals surface area contributed by atoms with Crippen LogP contribution in [0.3, 0.4) is 0 Å². The molecule has 0 aliphatic rings. The Balaban J connectivity index is 1.52. The lowest BCUT2D eigenvalue weighted by Gasteiger charge is -2.17. The molecular formula is C22H20N4O. The van der Waals surface area contributed by atoms with Gasteiger partial charge in [-0.25, -0.2) is 9.97 Å². The Morgan fingerprint density at radius 1 is 0.889 bits per heavy atom. The summed E-state index contributed by atoms with van der Waals surface area (Å²) in [5, 5.41) is 4.36. The summed E-state index contributed by atoms with van der Waals surface area (Å²) in [7, 11) is 0. The van der Waals surface area contributed by atoms with E-state index in [0.717, 1.165) is 33.8 Å². The second-order valence-corrected chi connectivity index (χ2v) is 6.35. The van der Waals surface area contributed by atoms with Crippen LogP contribution in [-0.2, 0) is 0 Å². The van der Waals surface area contributed by atoms with Crippen molar-refractivity contribution >= 4 is 22.4 Å². The lowest BCUT2D eigenvalue weighted by Crippen LogP contribution is -2.08. The van der Waals surface area contributed by atoms with Crippen LogP contribution < -0.4 is 15.8 Å². The van der Waals surface area contributed by atoms with Crippen LogP contribution in [0.25, 0.3) is 10.9 Å². The SMILES string of the molecule is C[C@@H](Nc1ncnc2ccc(N)cc12)c1ccc(Oc2ccccc2)cc1. The van der Waals surface area contributed by atoms with Gasteiger partial charge >= 0.3 is 0 Å². The summed E-state index contributed by atoms with van der Waals surface area (Å²) in [4.78, 5) is 8.68. The maximum absolute atomic E-state index is 5.92. The molecule has 1 atom stereocenters. The largest absolute Gasteiger partial charge is 0.457 e. The van der Waals surface area contributed by atoms with Crippen molar-refractivity contribution in [3.8, 4) is 11.5 Å². The Morgan fingerprint density at radius 3 is 2.41 bits per heavy atom. The zero-order valence-corrected chi connectivity index (χ0v) is 15.0. The zero-order chi connectivity index (χ0) is 18.6. The Bertz CT molecular complexity index is 1050. The van der Waals surface area contributed by atoms with E-state index in [1.165, 1.54) is 0 Å². The van der Waals surface area contributed by atoms with E-state index < -0.39 is 0 Å². The zero-order valence-electron chi connectivity index (χ0n) is 15.0. The third-order valence-corrected chi connectivity index (χ3v) is 4.37. The minimum Gasteiger partial charge on any atom is -0.457 e. The van der Waals surface area contributed by atoms with Gasteiger partial charge in [-0.2, -0.15) is 0 Å². The average Bonchev–Trinajstić information content (AvgIpc) is 2.70. The Labute approximate surface area is 157 Å². The van der Waals surface area contributed by atoms with Crippen LogP contribution in [0, 0.1) is 0 Å². The van der Waals surface area contributed by atoms with Crippen LogP contribution in [-0.4, -0.2) is 9.97 Å². The third-order valence-electron chi connectivity index (χ3n) is 4.37. The van der Waals surface area contributed by atoms with Gasteiger partial charge in [0.2, 0.25) is 0 Å². The van der Waals surface area contributed by atoms with Gasteiger partial charge in [0.1, 0.15) is 23.6 Å². The predicted octanol–water partition coefficient (Wildman–Crippen LogP) is 5.18.